The Hall–Kier alpha value is -2.02. The average molecular weight is 500 g/mol. The van der Waals surface area contributed by atoms with Crippen molar-refractivity contribution >= 4 is 41.3 Å². The smallest absolute Gasteiger partial charge is 0.417 e. The molecule has 8 nitrogen and oxygen atoms in total. The molecule has 1 aliphatic heterocycles. The number of esters is 3. The monoisotopic (exact) mass is 499 g/mol. The highest BCUT2D eigenvalue weighted by atomic mass is 35.5. The van der Waals surface area contributed by atoms with Gasteiger partial charge in [0, 0.05) is 25.7 Å². The van der Waals surface area contributed by atoms with Crippen LogP contribution in [-0.4, -0.2) is 54.3 Å². The molecule has 1 fully saturated rings. The van der Waals surface area contributed by atoms with Gasteiger partial charge < -0.3 is 24.7 Å². The average Bonchev–Trinajstić information content (AvgIpc) is 2.64. The topological polar surface area (TPSA) is 114 Å². The number of carbonyl (C=O) groups is 3. The van der Waals surface area contributed by atoms with Gasteiger partial charge >= 0.3 is 24.1 Å². The number of thioether (sulfide) groups is 1. The number of nitrogens with two attached hydrogens (primary N) is 1. The number of carbonyl (C=O) groups excluding carboxylic acids is 3. The fourth-order valence-corrected chi connectivity index (χ4v) is 4.50. The Kier molecular flexibility index (Phi) is 8.80. The fourth-order valence-electron chi connectivity index (χ4n) is 2.98. The standard InChI is InChI=1S/C19H21ClF3NO7S/c1-8(25)28-7-14-16(29-9(2)26)15(24)17(30-10(3)27)18(31-14)32-11-4-5-12(13(20)6-11)19(21,22)23/h4-6,14-18H,7,24H2,1-3H3. The Morgan fingerprint density at radius 3 is 2.19 bits per heavy atom. The molecule has 0 aliphatic carbocycles. The third-order valence-corrected chi connectivity index (χ3v) is 5.71. The van der Waals surface area contributed by atoms with Gasteiger partial charge in [-0.1, -0.05) is 23.4 Å². The first-order valence-electron chi connectivity index (χ1n) is 9.21. The Morgan fingerprint density at radius 2 is 1.69 bits per heavy atom. The van der Waals surface area contributed by atoms with Crippen LogP contribution < -0.4 is 5.73 Å². The van der Waals surface area contributed by atoms with Gasteiger partial charge in [0.25, 0.3) is 0 Å². The van der Waals surface area contributed by atoms with E-state index in [1.165, 1.54) is 13.0 Å². The Morgan fingerprint density at radius 1 is 1.09 bits per heavy atom. The van der Waals surface area contributed by atoms with Crippen LogP contribution in [-0.2, 0) is 39.5 Å². The van der Waals surface area contributed by atoms with E-state index in [1.54, 1.807) is 0 Å². The third-order valence-electron chi connectivity index (χ3n) is 4.26. The summed E-state index contributed by atoms with van der Waals surface area (Å²) in [6.07, 6.45) is -7.91. The van der Waals surface area contributed by atoms with Crippen molar-refractivity contribution in [1.29, 1.82) is 0 Å². The van der Waals surface area contributed by atoms with Gasteiger partial charge in [-0.15, -0.1) is 0 Å². The van der Waals surface area contributed by atoms with Gasteiger partial charge in [0.1, 0.15) is 24.3 Å². The SMILES string of the molecule is CC(=O)OCC1OC(Sc2ccc(C(F)(F)F)c(Cl)c2)C(OC(C)=O)C(N)C1OC(C)=O. The largest absolute Gasteiger partial charge is 0.463 e. The Bertz CT molecular complexity index is 868. The second-order valence-electron chi connectivity index (χ2n) is 6.83. The van der Waals surface area contributed by atoms with Crippen LogP contribution in [0.25, 0.3) is 0 Å². The molecule has 0 radical (unpaired) electrons. The zero-order valence-corrected chi connectivity index (χ0v) is 18.8. The van der Waals surface area contributed by atoms with Crippen molar-refractivity contribution < 1.29 is 46.5 Å². The van der Waals surface area contributed by atoms with Crippen LogP contribution in [0.15, 0.2) is 23.1 Å². The van der Waals surface area contributed by atoms with Crippen LogP contribution in [0.1, 0.15) is 26.3 Å². The van der Waals surface area contributed by atoms with E-state index < -0.39 is 64.5 Å². The molecule has 178 valence electrons. The van der Waals surface area contributed by atoms with Crippen molar-refractivity contribution in [3.63, 3.8) is 0 Å². The lowest BCUT2D eigenvalue weighted by atomic mass is 9.97. The molecule has 1 aliphatic rings. The zero-order valence-electron chi connectivity index (χ0n) is 17.2. The predicted molar refractivity (Wildman–Crippen MR) is 107 cm³/mol. The van der Waals surface area contributed by atoms with Crippen LogP contribution in [0, 0.1) is 0 Å². The van der Waals surface area contributed by atoms with Gasteiger partial charge in [-0.2, -0.15) is 13.2 Å². The first-order chi connectivity index (χ1) is 14.8. The highest BCUT2D eigenvalue weighted by Crippen LogP contribution is 2.40. The predicted octanol–water partition coefficient (Wildman–Crippen LogP) is 2.93. The third kappa shape index (κ3) is 6.99. The number of halogens is 4. The molecule has 1 heterocycles. The molecule has 5 unspecified atom stereocenters. The molecule has 0 saturated carbocycles. The van der Waals surface area contributed by atoms with Gasteiger partial charge in [-0.3, -0.25) is 14.4 Å². The summed E-state index contributed by atoms with van der Waals surface area (Å²) < 4.78 is 60.2. The molecule has 0 bridgehead atoms. The summed E-state index contributed by atoms with van der Waals surface area (Å²) in [6, 6.07) is 2.00. The fraction of sp³-hybridized carbons (Fsp3) is 0.526. The van der Waals surface area contributed by atoms with Crippen molar-refractivity contribution in [3.8, 4) is 0 Å². The van der Waals surface area contributed by atoms with E-state index in [1.807, 2.05) is 0 Å². The Labute approximate surface area is 190 Å². The van der Waals surface area contributed by atoms with Crippen molar-refractivity contribution in [2.75, 3.05) is 6.61 Å². The number of benzene rings is 1. The second-order valence-corrected chi connectivity index (χ2v) is 8.41. The molecule has 0 amide bonds. The zero-order chi connectivity index (χ0) is 24.2. The van der Waals surface area contributed by atoms with E-state index in [4.69, 9.17) is 36.3 Å². The summed E-state index contributed by atoms with van der Waals surface area (Å²) >= 11 is 6.67. The minimum atomic E-state index is -4.63. The van der Waals surface area contributed by atoms with E-state index in [0.717, 1.165) is 37.7 Å². The van der Waals surface area contributed by atoms with Crippen molar-refractivity contribution in [2.45, 2.75) is 61.6 Å². The van der Waals surface area contributed by atoms with Gasteiger partial charge in [-0.05, 0) is 18.2 Å². The minimum absolute atomic E-state index is 0.273. The van der Waals surface area contributed by atoms with E-state index in [9.17, 15) is 27.6 Å². The molecule has 13 heteroatoms. The highest BCUT2D eigenvalue weighted by Gasteiger charge is 2.48. The maximum absolute atomic E-state index is 13.0. The van der Waals surface area contributed by atoms with Crippen LogP contribution >= 0.6 is 23.4 Å². The summed E-state index contributed by atoms with van der Waals surface area (Å²) in [5, 5.41) is -0.527. The number of hydrogen-bond acceptors (Lipinski definition) is 9. The van der Waals surface area contributed by atoms with E-state index in [0.29, 0.717) is 0 Å². The summed E-state index contributed by atoms with van der Waals surface area (Å²) in [6.45, 7) is 3.12. The lowest BCUT2D eigenvalue weighted by Crippen LogP contribution is -2.63. The van der Waals surface area contributed by atoms with Gasteiger partial charge in [0.05, 0.1) is 16.6 Å². The summed E-state index contributed by atoms with van der Waals surface area (Å²) in [4.78, 5) is 34.7. The molecule has 1 saturated heterocycles. The van der Waals surface area contributed by atoms with Crippen LogP contribution in [0.4, 0.5) is 13.2 Å². The number of ether oxygens (including phenoxy) is 4. The normalized spacial score (nSPS) is 25.7. The number of rotatable bonds is 6. The van der Waals surface area contributed by atoms with Crippen molar-refractivity contribution in [2.24, 2.45) is 5.73 Å². The summed E-state index contributed by atoms with van der Waals surface area (Å²) in [5.41, 5.74) is 4.17. The summed E-state index contributed by atoms with van der Waals surface area (Å²) in [5.74, 6) is -2.02. The lowest BCUT2D eigenvalue weighted by Gasteiger charge is -2.43. The molecule has 1 aromatic rings. The number of hydrogen-bond donors (Lipinski definition) is 1. The number of alkyl halides is 3. The molecule has 5 atom stereocenters. The minimum Gasteiger partial charge on any atom is -0.463 e. The highest BCUT2D eigenvalue weighted by molar-refractivity contribution is 7.99. The van der Waals surface area contributed by atoms with Crippen molar-refractivity contribution in [3.05, 3.63) is 28.8 Å². The van der Waals surface area contributed by atoms with Crippen molar-refractivity contribution in [1.82, 2.24) is 0 Å². The van der Waals surface area contributed by atoms with E-state index in [-0.39, 0.29) is 11.5 Å². The Balaban J connectivity index is 2.34. The summed E-state index contributed by atoms with van der Waals surface area (Å²) in [7, 11) is 0. The van der Waals surface area contributed by atoms with Crippen LogP contribution in [0.2, 0.25) is 5.02 Å². The molecule has 2 rings (SSSR count). The van der Waals surface area contributed by atoms with E-state index >= 15 is 0 Å². The van der Waals surface area contributed by atoms with Crippen LogP contribution in [0.5, 0.6) is 0 Å². The molecule has 32 heavy (non-hydrogen) atoms. The van der Waals surface area contributed by atoms with Crippen LogP contribution in [0.3, 0.4) is 0 Å². The molecule has 0 aromatic heterocycles. The molecule has 2 N–H and O–H groups in total. The molecule has 1 aromatic carbocycles. The first kappa shape index (κ1) is 26.2. The maximum atomic E-state index is 13.0. The molecular formula is C19H21ClF3NO7S. The maximum Gasteiger partial charge on any atom is 0.417 e. The quantitative estimate of drug-likeness (QED) is 0.466. The molecule has 0 spiro atoms. The van der Waals surface area contributed by atoms with E-state index in [2.05, 4.69) is 0 Å². The lowest BCUT2D eigenvalue weighted by molar-refractivity contribution is -0.201. The van der Waals surface area contributed by atoms with Gasteiger partial charge in [-0.25, -0.2) is 0 Å². The molecular weight excluding hydrogens is 479 g/mol. The second kappa shape index (κ2) is 10.7. The first-order valence-corrected chi connectivity index (χ1v) is 10.5. The van der Waals surface area contributed by atoms with Gasteiger partial charge in [0.15, 0.2) is 6.10 Å². The van der Waals surface area contributed by atoms with Gasteiger partial charge in [0.2, 0.25) is 0 Å².